The van der Waals surface area contributed by atoms with E-state index in [9.17, 15) is 0 Å². The van der Waals surface area contributed by atoms with E-state index in [-0.39, 0.29) is 30.1 Å². The van der Waals surface area contributed by atoms with Crippen LogP contribution in [0.4, 0.5) is 0 Å². The van der Waals surface area contributed by atoms with Gasteiger partial charge in [0.25, 0.3) is 0 Å². The molecule has 2 aliphatic rings. The number of guanidine groups is 1. The number of hydrogen-bond donors (Lipinski definition) is 2. The third kappa shape index (κ3) is 11.1. The predicted octanol–water partition coefficient (Wildman–Crippen LogP) is 1.54. The molecule has 0 aromatic carbocycles. The summed E-state index contributed by atoms with van der Waals surface area (Å²) < 4.78 is 5.91. The van der Waals surface area contributed by atoms with Crippen LogP contribution in [0.2, 0.25) is 0 Å². The van der Waals surface area contributed by atoms with Gasteiger partial charge in [0.05, 0.1) is 12.7 Å². The molecule has 0 bridgehead atoms. The highest BCUT2D eigenvalue weighted by Gasteiger charge is 2.21. The minimum Gasteiger partial charge on any atom is -0.374 e. The van der Waals surface area contributed by atoms with Crippen LogP contribution in [0.25, 0.3) is 0 Å². The molecule has 0 aromatic heterocycles. The van der Waals surface area contributed by atoms with Crippen molar-refractivity contribution in [3.63, 3.8) is 0 Å². The summed E-state index contributed by atoms with van der Waals surface area (Å²) in [6, 6.07) is 0. The van der Waals surface area contributed by atoms with Gasteiger partial charge < -0.3 is 25.2 Å². The number of aliphatic imine (C=N–C) groups is 1. The van der Waals surface area contributed by atoms with Gasteiger partial charge in [-0.2, -0.15) is 0 Å². The maximum atomic E-state index is 5.91. The molecule has 0 radical (unpaired) electrons. The monoisotopic (exact) mass is 524 g/mol. The van der Waals surface area contributed by atoms with E-state index < -0.39 is 0 Å². The number of nitrogens with zero attached hydrogens (tertiary/aromatic N) is 4. The molecule has 2 rings (SSSR count). The fourth-order valence-electron chi connectivity index (χ4n) is 4.01. The molecular formula is C21H45IN6O. The van der Waals surface area contributed by atoms with Gasteiger partial charge in [0.15, 0.2) is 5.96 Å². The third-order valence-corrected chi connectivity index (χ3v) is 5.67. The number of hydrogen-bond acceptors (Lipinski definition) is 5. The van der Waals surface area contributed by atoms with Crippen LogP contribution in [0.1, 0.15) is 33.6 Å². The number of likely N-dealkylation sites (N-methyl/N-ethyl adjacent to an activating group) is 1. The fourth-order valence-corrected chi connectivity index (χ4v) is 4.01. The summed E-state index contributed by atoms with van der Waals surface area (Å²) in [6.07, 6.45) is 2.66. The normalized spacial score (nSPS) is 22.5. The summed E-state index contributed by atoms with van der Waals surface area (Å²) in [6.45, 7) is 19.9. The van der Waals surface area contributed by atoms with Gasteiger partial charge in [-0.05, 0) is 31.8 Å². The zero-order chi connectivity index (χ0) is 20.2. The van der Waals surface area contributed by atoms with E-state index in [0.29, 0.717) is 5.92 Å². The van der Waals surface area contributed by atoms with Crippen molar-refractivity contribution in [2.45, 2.75) is 39.7 Å². The molecule has 172 valence electrons. The molecule has 0 saturated carbocycles. The quantitative estimate of drug-likeness (QED) is 0.196. The molecule has 2 fully saturated rings. The number of piperazine rings is 1. The highest BCUT2D eigenvalue weighted by Crippen LogP contribution is 2.07. The number of morpholine rings is 1. The van der Waals surface area contributed by atoms with Crippen LogP contribution in [0.5, 0.6) is 0 Å². The van der Waals surface area contributed by atoms with Crippen LogP contribution in [0.15, 0.2) is 4.99 Å². The van der Waals surface area contributed by atoms with Crippen molar-refractivity contribution < 1.29 is 4.74 Å². The Bertz CT molecular complexity index is 443. The van der Waals surface area contributed by atoms with E-state index in [4.69, 9.17) is 4.74 Å². The van der Waals surface area contributed by atoms with Gasteiger partial charge in [0, 0.05) is 66.0 Å². The van der Waals surface area contributed by atoms with E-state index in [1.54, 1.807) is 0 Å². The SMILES string of the molecule is CCN1CCN(CCCCNC(=NC)NCC2CN(CC(C)C)CCO2)CC1.I. The first kappa shape index (κ1) is 26.9. The van der Waals surface area contributed by atoms with Crippen molar-refractivity contribution in [2.75, 3.05) is 85.6 Å². The Balaban J connectivity index is 0.00000420. The van der Waals surface area contributed by atoms with Crippen molar-refractivity contribution in [1.29, 1.82) is 0 Å². The van der Waals surface area contributed by atoms with Gasteiger partial charge in [-0.1, -0.05) is 20.8 Å². The minimum absolute atomic E-state index is 0. The minimum atomic E-state index is 0. The molecular weight excluding hydrogens is 479 g/mol. The molecule has 1 unspecified atom stereocenters. The van der Waals surface area contributed by atoms with Crippen molar-refractivity contribution in [3.8, 4) is 0 Å². The highest BCUT2D eigenvalue weighted by molar-refractivity contribution is 14.0. The van der Waals surface area contributed by atoms with Crippen molar-refractivity contribution >= 4 is 29.9 Å². The maximum Gasteiger partial charge on any atom is 0.191 e. The Morgan fingerprint density at radius 3 is 2.41 bits per heavy atom. The molecule has 2 saturated heterocycles. The average molecular weight is 525 g/mol. The first-order valence-corrected chi connectivity index (χ1v) is 11.3. The first-order chi connectivity index (χ1) is 13.6. The zero-order valence-corrected chi connectivity index (χ0v) is 21.5. The van der Waals surface area contributed by atoms with Crippen LogP contribution in [0, 0.1) is 5.92 Å². The fraction of sp³-hybridized carbons (Fsp3) is 0.952. The van der Waals surface area contributed by atoms with Gasteiger partial charge in [-0.3, -0.25) is 9.89 Å². The Morgan fingerprint density at radius 2 is 1.76 bits per heavy atom. The van der Waals surface area contributed by atoms with Gasteiger partial charge in [-0.15, -0.1) is 24.0 Å². The Morgan fingerprint density at radius 1 is 1.03 bits per heavy atom. The van der Waals surface area contributed by atoms with Gasteiger partial charge in [0.2, 0.25) is 0 Å². The third-order valence-electron chi connectivity index (χ3n) is 5.67. The second-order valence-electron chi connectivity index (χ2n) is 8.51. The van der Waals surface area contributed by atoms with Crippen LogP contribution in [-0.2, 0) is 4.74 Å². The molecule has 0 amide bonds. The second-order valence-corrected chi connectivity index (χ2v) is 8.51. The van der Waals surface area contributed by atoms with Gasteiger partial charge >= 0.3 is 0 Å². The van der Waals surface area contributed by atoms with Crippen molar-refractivity contribution in [2.24, 2.45) is 10.9 Å². The summed E-state index contributed by atoms with van der Waals surface area (Å²) in [7, 11) is 1.84. The Kier molecular flexibility index (Phi) is 14.5. The average Bonchev–Trinajstić information content (AvgIpc) is 2.70. The second kappa shape index (κ2) is 15.6. The van der Waals surface area contributed by atoms with Crippen LogP contribution in [-0.4, -0.2) is 112 Å². The summed E-state index contributed by atoms with van der Waals surface area (Å²) >= 11 is 0. The molecule has 2 aliphatic heterocycles. The number of unbranched alkanes of at least 4 members (excludes halogenated alkanes) is 1. The number of ether oxygens (including phenoxy) is 1. The van der Waals surface area contributed by atoms with Gasteiger partial charge in [-0.25, -0.2) is 0 Å². The number of nitrogens with one attached hydrogen (secondary N) is 2. The van der Waals surface area contributed by atoms with Gasteiger partial charge in [0.1, 0.15) is 0 Å². The van der Waals surface area contributed by atoms with E-state index in [0.717, 1.165) is 45.3 Å². The largest absolute Gasteiger partial charge is 0.374 e. The summed E-state index contributed by atoms with van der Waals surface area (Å²) in [4.78, 5) is 12.0. The molecule has 29 heavy (non-hydrogen) atoms. The van der Waals surface area contributed by atoms with E-state index >= 15 is 0 Å². The maximum absolute atomic E-state index is 5.91. The lowest BCUT2D eigenvalue weighted by molar-refractivity contribution is -0.0284. The molecule has 7 nitrogen and oxygen atoms in total. The molecule has 2 heterocycles. The van der Waals surface area contributed by atoms with Crippen molar-refractivity contribution in [3.05, 3.63) is 0 Å². The highest BCUT2D eigenvalue weighted by atomic mass is 127. The summed E-state index contributed by atoms with van der Waals surface area (Å²) in [5, 5.41) is 6.89. The standard InChI is InChI=1S/C21H44N6O.HI/c1-5-25-10-12-26(13-11-25)9-7-6-8-23-21(22-4)24-16-20-18-27(14-15-28-20)17-19(2)3;/h19-20H,5-18H2,1-4H3,(H2,22,23,24);1H. The first-order valence-electron chi connectivity index (χ1n) is 11.3. The lowest BCUT2D eigenvalue weighted by atomic mass is 10.2. The number of rotatable bonds is 10. The Labute approximate surface area is 196 Å². The molecule has 0 aliphatic carbocycles. The van der Waals surface area contributed by atoms with Crippen molar-refractivity contribution in [1.82, 2.24) is 25.3 Å². The zero-order valence-electron chi connectivity index (χ0n) is 19.2. The topological polar surface area (TPSA) is 55.4 Å². The Hall–Kier alpha value is -0.160. The summed E-state index contributed by atoms with van der Waals surface area (Å²) in [5.74, 6) is 1.60. The van der Waals surface area contributed by atoms with E-state index in [1.165, 1.54) is 52.1 Å². The predicted molar refractivity (Wildman–Crippen MR) is 134 cm³/mol. The number of halogens is 1. The molecule has 0 aromatic rings. The van der Waals surface area contributed by atoms with Crippen LogP contribution in [0.3, 0.4) is 0 Å². The molecule has 8 heteroatoms. The lowest BCUT2D eigenvalue weighted by Gasteiger charge is -2.34. The summed E-state index contributed by atoms with van der Waals surface area (Å²) in [5.41, 5.74) is 0. The molecule has 2 N–H and O–H groups in total. The van der Waals surface area contributed by atoms with Crippen LogP contribution >= 0.6 is 24.0 Å². The smallest absolute Gasteiger partial charge is 0.191 e. The van der Waals surface area contributed by atoms with E-state index in [2.05, 4.69) is 51.1 Å². The molecule has 0 spiro atoms. The lowest BCUT2D eigenvalue weighted by Crippen LogP contribution is -2.50. The van der Waals surface area contributed by atoms with E-state index in [1.807, 2.05) is 7.05 Å². The molecule has 1 atom stereocenters. The van der Waals surface area contributed by atoms with Crippen LogP contribution < -0.4 is 10.6 Å².